The maximum absolute atomic E-state index is 13.0. The number of ether oxygens (including phenoxy) is 2. The summed E-state index contributed by atoms with van der Waals surface area (Å²) in [7, 11) is -2.19. The molecule has 0 atom stereocenters. The van der Waals surface area contributed by atoms with Crippen molar-refractivity contribution in [2.75, 3.05) is 46.5 Å². The molecular weight excluding hydrogens is 456 g/mol. The second-order valence-electron chi connectivity index (χ2n) is 8.26. The summed E-state index contributed by atoms with van der Waals surface area (Å²) >= 11 is 0. The number of nitrogens with zero attached hydrogens (tertiary/aromatic N) is 4. The van der Waals surface area contributed by atoms with Crippen molar-refractivity contribution in [3.05, 3.63) is 48.2 Å². The normalized spacial score (nSPS) is 15.2. The van der Waals surface area contributed by atoms with Crippen LogP contribution in [0.4, 0.5) is 0 Å². The number of nitrogens with one attached hydrogen (secondary N) is 2. The number of hydrogen-bond donors (Lipinski definition) is 2. The van der Waals surface area contributed by atoms with Crippen LogP contribution in [0.3, 0.4) is 0 Å². The highest BCUT2D eigenvalue weighted by Crippen LogP contribution is 2.32. The first kappa shape index (κ1) is 22.7. The number of morpholine rings is 1. The molecule has 10 nitrogen and oxygen atoms in total. The lowest BCUT2D eigenvalue weighted by Crippen LogP contribution is -3.14. The molecule has 1 aliphatic heterocycles. The van der Waals surface area contributed by atoms with Crippen LogP contribution in [0, 0.1) is 6.92 Å². The van der Waals surface area contributed by atoms with Gasteiger partial charge in [0.1, 0.15) is 18.8 Å². The summed E-state index contributed by atoms with van der Waals surface area (Å²) in [5.41, 5.74) is 1.91. The van der Waals surface area contributed by atoms with Crippen molar-refractivity contribution >= 4 is 26.4 Å². The fraction of sp³-hybridized carbons (Fsp3) is 0.348. The average Bonchev–Trinajstić information content (AvgIpc) is 3.28. The summed E-state index contributed by atoms with van der Waals surface area (Å²) in [6, 6.07) is 12.6. The molecule has 11 heteroatoms. The van der Waals surface area contributed by atoms with E-state index in [1.165, 1.54) is 18.1 Å². The molecule has 0 bridgehead atoms. The average molecular weight is 484 g/mol. The summed E-state index contributed by atoms with van der Waals surface area (Å²) in [4.78, 5) is 1.46. The Morgan fingerprint density at radius 2 is 1.88 bits per heavy atom. The van der Waals surface area contributed by atoms with Crippen LogP contribution < -0.4 is 14.4 Å². The monoisotopic (exact) mass is 483 g/mol. The number of methoxy groups -OCH3 is 1. The second kappa shape index (κ2) is 9.26. The van der Waals surface area contributed by atoms with Crippen molar-refractivity contribution in [2.45, 2.75) is 11.8 Å². The van der Waals surface area contributed by atoms with Crippen LogP contribution in [-0.4, -0.2) is 74.7 Å². The largest absolute Gasteiger partial charge is 0.496 e. The number of rotatable bonds is 7. The zero-order chi connectivity index (χ0) is 23.7. The minimum Gasteiger partial charge on any atom is -0.496 e. The van der Waals surface area contributed by atoms with E-state index in [0.717, 1.165) is 29.6 Å². The van der Waals surface area contributed by atoms with Gasteiger partial charge >= 0.3 is 0 Å². The van der Waals surface area contributed by atoms with Crippen molar-refractivity contribution in [1.82, 2.24) is 24.5 Å². The number of quaternary nitrogens is 1. The van der Waals surface area contributed by atoms with Crippen LogP contribution in [0.25, 0.3) is 27.8 Å². The Kier molecular flexibility index (Phi) is 6.17. The first-order valence-corrected chi connectivity index (χ1v) is 12.7. The van der Waals surface area contributed by atoms with Crippen molar-refractivity contribution in [3.63, 3.8) is 0 Å². The molecule has 1 aliphatic rings. The van der Waals surface area contributed by atoms with Gasteiger partial charge in [-0.25, -0.2) is 13.1 Å². The number of benzene rings is 2. The second-order valence-corrected chi connectivity index (χ2v) is 10.0. The third-order valence-electron chi connectivity index (χ3n) is 6.14. The molecule has 1 fully saturated rings. The topological polar surface area (TPSA) is 112 Å². The van der Waals surface area contributed by atoms with Crippen LogP contribution in [0.1, 0.15) is 5.69 Å². The summed E-state index contributed by atoms with van der Waals surface area (Å²) in [6.07, 6.45) is 0. The van der Waals surface area contributed by atoms with Gasteiger partial charge in [-0.2, -0.15) is 9.61 Å². The molecule has 1 saturated heterocycles. The smallest absolute Gasteiger partial charge is 0.240 e. The van der Waals surface area contributed by atoms with Crippen LogP contribution >= 0.6 is 0 Å². The Bertz CT molecular complexity index is 1450. The van der Waals surface area contributed by atoms with E-state index in [4.69, 9.17) is 9.47 Å². The number of hydrogen-bond acceptors (Lipinski definition) is 7. The fourth-order valence-corrected chi connectivity index (χ4v) is 5.35. The zero-order valence-corrected chi connectivity index (χ0v) is 19.9. The SMILES string of the molecule is COc1ccc(S(=O)(=O)NCC[NH+]2CCOCC2)cc1-c1nnc2c3ccccc3c(C)nn12. The Morgan fingerprint density at radius 1 is 1.12 bits per heavy atom. The molecule has 4 aromatic rings. The maximum Gasteiger partial charge on any atom is 0.240 e. The van der Waals surface area contributed by atoms with Crippen LogP contribution in [0.15, 0.2) is 47.4 Å². The van der Waals surface area contributed by atoms with Gasteiger partial charge in [-0.1, -0.05) is 24.3 Å². The van der Waals surface area contributed by atoms with Gasteiger partial charge in [-0.15, -0.1) is 10.2 Å². The van der Waals surface area contributed by atoms with E-state index >= 15 is 0 Å². The van der Waals surface area contributed by atoms with Gasteiger partial charge in [0.25, 0.3) is 0 Å². The molecule has 0 aliphatic carbocycles. The van der Waals surface area contributed by atoms with Gasteiger partial charge in [-0.05, 0) is 25.1 Å². The van der Waals surface area contributed by atoms with Gasteiger partial charge in [0.05, 0.1) is 49.6 Å². The lowest BCUT2D eigenvalue weighted by Gasteiger charge is -2.23. The first-order chi connectivity index (χ1) is 16.5. The fourth-order valence-electron chi connectivity index (χ4n) is 4.29. The van der Waals surface area contributed by atoms with Crippen molar-refractivity contribution in [2.24, 2.45) is 0 Å². The van der Waals surface area contributed by atoms with Crippen LogP contribution in [0.2, 0.25) is 0 Å². The molecule has 0 radical (unpaired) electrons. The molecule has 178 valence electrons. The van der Waals surface area contributed by atoms with Crippen molar-refractivity contribution < 1.29 is 22.8 Å². The van der Waals surface area contributed by atoms with Gasteiger partial charge < -0.3 is 14.4 Å². The standard InChI is InChI=1S/C23H26N6O4S/c1-16-18-5-3-4-6-19(18)22-25-26-23(29(22)27-16)20-15-17(7-8-21(20)32-2)34(30,31)24-9-10-28-11-13-33-14-12-28/h3-8,15,24H,9-14H2,1-2H3/p+1. The molecule has 0 amide bonds. The molecule has 2 aromatic carbocycles. The molecule has 34 heavy (non-hydrogen) atoms. The third kappa shape index (κ3) is 4.23. The molecule has 5 rings (SSSR count). The minimum atomic E-state index is -3.72. The summed E-state index contributed by atoms with van der Waals surface area (Å²) < 4.78 is 41.3. The molecule has 3 heterocycles. The highest BCUT2D eigenvalue weighted by Gasteiger charge is 2.22. The maximum atomic E-state index is 13.0. The summed E-state index contributed by atoms with van der Waals surface area (Å²) in [6.45, 7) is 6.16. The lowest BCUT2D eigenvalue weighted by atomic mass is 10.1. The predicted octanol–water partition coefficient (Wildman–Crippen LogP) is 0.455. The first-order valence-electron chi connectivity index (χ1n) is 11.2. The van der Waals surface area contributed by atoms with E-state index in [1.807, 2.05) is 31.2 Å². The highest BCUT2D eigenvalue weighted by atomic mass is 32.2. The van der Waals surface area contributed by atoms with Gasteiger partial charge in [-0.3, -0.25) is 0 Å². The Balaban J connectivity index is 1.49. The number of aromatic nitrogens is 4. The Labute approximate surface area is 197 Å². The minimum absolute atomic E-state index is 0.134. The van der Waals surface area contributed by atoms with E-state index in [0.29, 0.717) is 49.1 Å². The molecule has 2 aromatic heterocycles. The van der Waals surface area contributed by atoms with Gasteiger partial charge in [0, 0.05) is 10.8 Å². The van der Waals surface area contributed by atoms with Crippen LogP contribution in [-0.2, 0) is 14.8 Å². The summed E-state index contributed by atoms with van der Waals surface area (Å²) in [5, 5.41) is 15.3. The Hall–Kier alpha value is -3.12. The molecule has 0 spiro atoms. The highest BCUT2D eigenvalue weighted by molar-refractivity contribution is 7.89. The van der Waals surface area contributed by atoms with Crippen molar-refractivity contribution in [3.8, 4) is 17.1 Å². The predicted molar refractivity (Wildman–Crippen MR) is 127 cm³/mol. The molecule has 2 N–H and O–H groups in total. The van der Waals surface area contributed by atoms with E-state index < -0.39 is 10.0 Å². The molecule has 0 unspecified atom stereocenters. The van der Waals surface area contributed by atoms with E-state index in [-0.39, 0.29) is 4.90 Å². The number of aryl methyl sites for hydroxylation is 1. The van der Waals surface area contributed by atoms with Crippen molar-refractivity contribution in [1.29, 1.82) is 0 Å². The van der Waals surface area contributed by atoms with Crippen LogP contribution in [0.5, 0.6) is 5.75 Å². The summed E-state index contributed by atoms with van der Waals surface area (Å²) in [5.74, 6) is 0.897. The molecule has 0 saturated carbocycles. The van der Waals surface area contributed by atoms with E-state index in [2.05, 4.69) is 20.0 Å². The van der Waals surface area contributed by atoms with E-state index in [9.17, 15) is 8.42 Å². The number of sulfonamides is 1. The third-order valence-corrected chi connectivity index (χ3v) is 7.60. The van der Waals surface area contributed by atoms with Gasteiger partial charge in [0.15, 0.2) is 11.5 Å². The molecular formula is C23H27N6O4S+. The lowest BCUT2D eigenvalue weighted by molar-refractivity contribution is -0.906. The quantitative estimate of drug-likeness (QED) is 0.393. The Morgan fingerprint density at radius 3 is 2.65 bits per heavy atom. The zero-order valence-electron chi connectivity index (χ0n) is 19.1. The van der Waals surface area contributed by atoms with E-state index in [1.54, 1.807) is 16.6 Å². The van der Waals surface area contributed by atoms with Gasteiger partial charge in [0.2, 0.25) is 10.0 Å². The number of fused-ring (bicyclic) bond motifs is 3.